The van der Waals surface area contributed by atoms with Crippen LogP contribution in [-0.2, 0) is 47.9 Å². The summed E-state index contributed by atoms with van der Waals surface area (Å²) >= 11 is 0. The van der Waals surface area contributed by atoms with Crippen molar-refractivity contribution in [3.8, 4) is 0 Å². The zero-order valence-corrected chi connectivity index (χ0v) is 26.9. The molecular formula is C26H43N9O14. The molecule has 276 valence electrons. The van der Waals surface area contributed by atoms with Crippen molar-refractivity contribution >= 4 is 59.2 Å². The molecule has 0 rings (SSSR count). The zero-order valence-electron chi connectivity index (χ0n) is 26.9. The van der Waals surface area contributed by atoms with Crippen molar-refractivity contribution in [2.45, 2.75) is 57.5 Å². The minimum atomic E-state index is -1.59. The van der Waals surface area contributed by atoms with E-state index in [9.17, 15) is 58.2 Å². The second-order valence-corrected chi connectivity index (χ2v) is 10.6. The Morgan fingerprint density at radius 1 is 0.551 bits per heavy atom. The van der Waals surface area contributed by atoms with Crippen LogP contribution in [0.3, 0.4) is 0 Å². The van der Waals surface area contributed by atoms with Crippen LogP contribution in [0.5, 0.6) is 0 Å². The summed E-state index contributed by atoms with van der Waals surface area (Å²) in [6.45, 7) is -0.212. The Morgan fingerprint density at radius 3 is 1.43 bits per heavy atom. The third kappa shape index (κ3) is 18.5. The number of aliphatic hydroxyl groups is 2. The Bertz CT molecular complexity index is 1240. The highest BCUT2D eigenvalue weighted by molar-refractivity contribution is 5.96. The first-order chi connectivity index (χ1) is 22.8. The normalized spacial score (nSPS) is 13.6. The van der Waals surface area contributed by atoms with Gasteiger partial charge in [-0.1, -0.05) is 13.8 Å². The summed E-state index contributed by atoms with van der Waals surface area (Å²) in [5.74, 6) is -10.7. The number of hydrogen-bond acceptors (Lipinski definition) is 13. The quantitative estimate of drug-likeness (QED) is 0.0497. The fourth-order valence-corrected chi connectivity index (χ4v) is 3.36. The van der Waals surface area contributed by atoms with E-state index >= 15 is 0 Å². The van der Waals surface area contributed by atoms with Crippen molar-refractivity contribution in [1.82, 2.24) is 42.5 Å². The van der Waals surface area contributed by atoms with E-state index in [-0.39, 0.29) is 5.92 Å². The lowest BCUT2D eigenvalue weighted by Crippen LogP contribution is -2.55. The summed E-state index contributed by atoms with van der Waals surface area (Å²) in [5, 5.41) is 53.5. The van der Waals surface area contributed by atoms with Gasteiger partial charge in [-0.2, -0.15) is 0 Å². The van der Waals surface area contributed by atoms with Gasteiger partial charge >= 0.3 is 11.9 Å². The maximum Gasteiger partial charge on any atom is 0.322 e. The molecule has 8 amide bonds. The van der Waals surface area contributed by atoms with Crippen molar-refractivity contribution in [3.63, 3.8) is 0 Å². The molecule has 14 N–H and O–H groups in total. The second kappa shape index (κ2) is 22.2. The molecule has 0 aromatic rings. The number of carboxylic acids is 2. The molecule has 0 aliphatic carbocycles. The minimum Gasteiger partial charge on any atom is -0.481 e. The minimum absolute atomic E-state index is 0.318. The number of carbonyl (C=O) groups excluding carboxylic acids is 8. The van der Waals surface area contributed by atoms with Gasteiger partial charge in [-0.3, -0.25) is 47.9 Å². The third-order valence-electron chi connectivity index (χ3n) is 6.10. The molecule has 0 bridgehead atoms. The van der Waals surface area contributed by atoms with E-state index in [1.807, 2.05) is 5.32 Å². The highest BCUT2D eigenvalue weighted by atomic mass is 16.4. The summed E-state index contributed by atoms with van der Waals surface area (Å²) in [4.78, 5) is 119. The number of hydrogen-bond donors (Lipinski definition) is 13. The second-order valence-electron chi connectivity index (χ2n) is 10.6. The lowest BCUT2D eigenvalue weighted by molar-refractivity contribution is -0.141. The Hall–Kier alpha value is -5.42. The van der Waals surface area contributed by atoms with Gasteiger partial charge in [0.1, 0.15) is 24.7 Å². The number of rotatable bonds is 22. The maximum atomic E-state index is 12.4. The molecule has 49 heavy (non-hydrogen) atoms. The summed E-state index contributed by atoms with van der Waals surface area (Å²) in [6, 6.07) is -5.71. The van der Waals surface area contributed by atoms with Crippen LogP contribution in [0.4, 0.5) is 0 Å². The van der Waals surface area contributed by atoms with Crippen molar-refractivity contribution < 1.29 is 68.4 Å². The van der Waals surface area contributed by atoms with E-state index in [0.29, 0.717) is 0 Å². The number of aliphatic carboxylic acids is 2. The van der Waals surface area contributed by atoms with E-state index in [1.165, 1.54) is 0 Å². The van der Waals surface area contributed by atoms with Gasteiger partial charge in [0.15, 0.2) is 0 Å². The third-order valence-corrected chi connectivity index (χ3v) is 6.10. The molecule has 0 spiro atoms. The van der Waals surface area contributed by atoms with Crippen LogP contribution in [0.1, 0.15) is 27.2 Å². The van der Waals surface area contributed by atoms with Crippen LogP contribution in [0, 0.1) is 5.92 Å². The molecule has 0 aromatic carbocycles. The summed E-state index contributed by atoms with van der Waals surface area (Å²) in [6.07, 6.45) is -2.23. The monoisotopic (exact) mass is 705 g/mol. The van der Waals surface area contributed by atoms with Crippen molar-refractivity contribution in [2.24, 2.45) is 11.7 Å². The van der Waals surface area contributed by atoms with Gasteiger partial charge in [0.05, 0.1) is 51.4 Å². The number of carboxylic acid groups (broad SMARTS) is 2. The molecule has 0 saturated heterocycles. The first-order valence-corrected chi connectivity index (χ1v) is 14.5. The Morgan fingerprint density at radius 2 is 1.00 bits per heavy atom. The Labute approximate surface area is 278 Å². The smallest absolute Gasteiger partial charge is 0.322 e. The number of nitrogens with two attached hydrogens (primary N) is 1. The van der Waals surface area contributed by atoms with E-state index in [0.717, 1.165) is 6.92 Å². The van der Waals surface area contributed by atoms with Crippen molar-refractivity contribution in [3.05, 3.63) is 0 Å². The summed E-state index contributed by atoms with van der Waals surface area (Å²) < 4.78 is 0. The van der Waals surface area contributed by atoms with Gasteiger partial charge in [0.2, 0.25) is 47.3 Å². The van der Waals surface area contributed by atoms with E-state index < -0.39 is 135 Å². The van der Waals surface area contributed by atoms with Gasteiger partial charge in [0, 0.05) is 0 Å². The fourth-order valence-electron chi connectivity index (χ4n) is 3.36. The molecule has 5 unspecified atom stereocenters. The van der Waals surface area contributed by atoms with Crippen molar-refractivity contribution in [1.29, 1.82) is 0 Å². The molecule has 0 aliphatic heterocycles. The highest BCUT2D eigenvalue weighted by Crippen LogP contribution is 2.01. The average Bonchev–Trinajstić information content (AvgIpc) is 3.02. The van der Waals surface area contributed by atoms with Gasteiger partial charge in [-0.05, 0) is 12.8 Å². The number of amides is 8. The molecule has 0 saturated carbocycles. The molecule has 0 radical (unpaired) electrons. The van der Waals surface area contributed by atoms with E-state index in [1.54, 1.807) is 13.8 Å². The SMILES string of the molecule is CC(C)C(N)C(=O)NC(CC(=O)O)C(=O)NCC(=O)NCC(=O)NC(CO)C(=O)NCC(=O)NCC(=O)NC(C(=O)NCC(=O)O)C(C)O. The van der Waals surface area contributed by atoms with Crippen LogP contribution < -0.4 is 48.3 Å². The standard InChI is InChI=1S/C26H43N9O14/c1-11(2)21(27)25(48)34-13(4-19(42)43)23(46)30-5-15(38)28-7-17(40)33-14(10-36)24(47)31-6-16(39)29-8-18(41)35-22(12(3)37)26(49)32-9-20(44)45/h11-14,21-22,36-37H,4-10,27H2,1-3H3,(H,28,38)(H,29,39)(H,30,46)(H,31,47)(H,32,49)(H,33,40)(H,34,48)(H,35,41)(H,42,43)(H,44,45). The number of nitrogens with one attached hydrogen (secondary N) is 8. The van der Waals surface area contributed by atoms with Crippen LogP contribution in [-0.4, -0.2) is 149 Å². The molecule has 23 nitrogen and oxygen atoms in total. The molecule has 5 atom stereocenters. The van der Waals surface area contributed by atoms with Crippen LogP contribution in [0.25, 0.3) is 0 Å². The molecule has 0 aromatic heterocycles. The van der Waals surface area contributed by atoms with Crippen LogP contribution in [0.2, 0.25) is 0 Å². The first-order valence-electron chi connectivity index (χ1n) is 14.5. The lowest BCUT2D eigenvalue weighted by Gasteiger charge is -2.21. The van der Waals surface area contributed by atoms with Crippen LogP contribution in [0.15, 0.2) is 0 Å². The van der Waals surface area contributed by atoms with Gasteiger partial charge in [0.25, 0.3) is 0 Å². The Balaban J connectivity index is 4.72. The van der Waals surface area contributed by atoms with E-state index in [4.69, 9.17) is 15.9 Å². The van der Waals surface area contributed by atoms with Crippen molar-refractivity contribution in [2.75, 3.05) is 39.3 Å². The predicted octanol–water partition coefficient (Wildman–Crippen LogP) is -8.06. The topological polar surface area (TPSA) is 374 Å². The Kier molecular flexibility index (Phi) is 19.7. The van der Waals surface area contributed by atoms with Gasteiger partial charge in [-0.15, -0.1) is 0 Å². The van der Waals surface area contributed by atoms with E-state index in [2.05, 4.69) is 37.2 Å². The zero-order chi connectivity index (χ0) is 37.8. The van der Waals surface area contributed by atoms with Crippen LogP contribution >= 0.6 is 0 Å². The summed E-state index contributed by atoms with van der Waals surface area (Å²) in [7, 11) is 0. The fraction of sp³-hybridized carbons (Fsp3) is 0.615. The molecule has 0 fully saturated rings. The first kappa shape index (κ1) is 43.6. The number of carbonyl (C=O) groups is 10. The summed E-state index contributed by atoms with van der Waals surface area (Å²) in [5.41, 5.74) is 5.69. The largest absolute Gasteiger partial charge is 0.481 e. The molecular weight excluding hydrogens is 662 g/mol. The highest BCUT2D eigenvalue weighted by Gasteiger charge is 2.28. The van der Waals surface area contributed by atoms with Gasteiger partial charge in [-0.25, -0.2) is 0 Å². The molecule has 23 heteroatoms. The maximum absolute atomic E-state index is 12.4. The average molecular weight is 706 g/mol. The lowest BCUT2D eigenvalue weighted by atomic mass is 10.0. The number of aliphatic hydroxyl groups excluding tert-OH is 2. The molecule has 0 heterocycles. The molecule has 0 aliphatic rings. The predicted molar refractivity (Wildman–Crippen MR) is 162 cm³/mol. The van der Waals surface area contributed by atoms with Gasteiger partial charge < -0.3 is 68.7 Å².